The van der Waals surface area contributed by atoms with Crippen LogP contribution < -0.4 is 5.32 Å². The van der Waals surface area contributed by atoms with Gasteiger partial charge in [-0.1, -0.05) is 0 Å². The van der Waals surface area contributed by atoms with E-state index in [4.69, 9.17) is 9.47 Å². The molecule has 2 fully saturated rings. The first-order valence-electron chi connectivity index (χ1n) is 6.35. The molecule has 0 spiro atoms. The molecule has 0 aliphatic carbocycles. The molecule has 16 heavy (non-hydrogen) atoms. The molecule has 0 aromatic heterocycles. The topological polar surface area (TPSA) is 47.6 Å². The summed E-state index contributed by atoms with van der Waals surface area (Å²) in [6.07, 6.45) is 5.51. The van der Waals surface area contributed by atoms with Crippen LogP contribution in [0.2, 0.25) is 0 Å². The van der Waals surface area contributed by atoms with Crippen molar-refractivity contribution in [2.75, 3.05) is 26.3 Å². The molecule has 2 unspecified atom stereocenters. The molecule has 4 heteroatoms. The van der Waals surface area contributed by atoms with Gasteiger partial charge in [0.15, 0.2) is 0 Å². The summed E-state index contributed by atoms with van der Waals surface area (Å²) in [5, 5.41) is 3.22. The lowest BCUT2D eigenvalue weighted by Gasteiger charge is -2.25. The predicted octanol–water partition coefficient (Wildman–Crippen LogP) is 1.10. The fraction of sp³-hybridized carbons (Fsp3) is 0.917. The van der Waals surface area contributed by atoms with Gasteiger partial charge in [0, 0.05) is 13.2 Å². The van der Waals surface area contributed by atoms with Crippen LogP contribution in [0, 0.1) is 5.92 Å². The minimum Gasteiger partial charge on any atom is -0.463 e. The Balaban J connectivity index is 1.65. The summed E-state index contributed by atoms with van der Waals surface area (Å²) < 4.78 is 10.8. The third kappa shape index (κ3) is 3.46. The standard InChI is InChI=1S/C12H21NO3/c14-12(10-4-3-6-13-8-10)16-9-11-5-1-2-7-15-11/h10-11,13H,1-9H2. The van der Waals surface area contributed by atoms with Crippen molar-refractivity contribution in [1.82, 2.24) is 5.32 Å². The van der Waals surface area contributed by atoms with Crippen molar-refractivity contribution >= 4 is 5.97 Å². The number of carbonyl (C=O) groups is 1. The highest BCUT2D eigenvalue weighted by atomic mass is 16.6. The first-order chi connectivity index (χ1) is 7.86. The highest BCUT2D eigenvalue weighted by molar-refractivity contribution is 5.72. The minimum atomic E-state index is -0.0543. The smallest absolute Gasteiger partial charge is 0.310 e. The summed E-state index contributed by atoms with van der Waals surface area (Å²) in [6, 6.07) is 0. The van der Waals surface area contributed by atoms with Crippen LogP contribution in [0.4, 0.5) is 0 Å². The molecule has 2 saturated heterocycles. The first-order valence-corrected chi connectivity index (χ1v) is 6.35. The van der Waals surface area contributed by atoms with E-state index in [0.29, 0.717) is 6.61 Å². The van der Waals surface area contributed by atoms with Crippen molar-refractivity contribution in [3.8, 4) is 0 Å². The van der Waals surface area contributed by atoms with Gasteiger partial charge in [-0.3, -0.25) is 4.79 Å². The van der Waals surface area contributed by atoms with Crippen LogP contribution in [0.5, 0.6) is 0 Å². The van der Waals surface area contributed by atoms with Gasteiger partial charge in [-0.2, -0.15) is 0 Å². The summed E-state index contributed by atoms with van der Waals surface area (Å²) in [5.74, 6) is -0.00119. The average Bonchev–Trinajstić information content (AvgIpc) is 2.38. The van der Waals surface area contributed by atoms with Crippen molar-refractivity contribution < 1.29 is 14.3 Å². The van der Waals surface area contributed by atoms with Gasteiger partial charge in [0.05, 0.1) is 12.0 Å². The van der Waals surface area contributed by atoms with E-state index in [1.165, 1.54) is 6.42 Å². The van der Waals surface area contributed by atoms with Crippen molar-refractivity contribution in [3.05, 3.63) is 0 Å². The maximum Gasteiger partial charge on any atom is 0.310 e. The van der Waals surface area contributed by atoms with Gasteiger partial charge in [0.1, 0.15) is 6.61 Å². The molecule has 0 amide bonds. The largest absolute Gasteiger partial charge is 0.463 e. The molecule has 0 bridgehead atoms. The Kier molecular flexibility index (Phi) is 4.60. The van der Waals surface area contributed by atoms with Crippen LogP contribution in [-0.2, 0) is 14.3 Å². The summed E-state index contributed by atoms with van der Waals surface area (Å²) in [4.78, 5) is 11.7. The van der Waals surface area contributed by atoms with E-state index in [1.807, 2.05) is 0 Å². The van der Waals surface area contributed by atoms with E-state index in [0.717, 1.165) is 45.4 Å². The van der Waals surface area contributed by atoms with Gasteiger partial charge in [0.2, 0.25) is 0 Å². The molecule has 92 valence electrons. The predicted molar refractivity (Wildman–Crippen MR) is 60.1 cm³/mol. The quantitative estimate of drug-likeness (QED) is 0.733. The van der Waals surface area contributed by atoms with E-state index < -0.39 is 0 Å². The second-order valence-electron chi connectivity index (χ2n) is 4.66. The Morgan fingerprint density at radius 3 is 2.94 bits per heavy atom. The first kappa shape index (κ1) is 11.9. The molecule has 2 rings (SSSR count). The Bertz CT molecular complexity index is 220. The van der Waals surface area contributed by atoms with E-state index in [9.17, 15) is 4.79 Å². The van der Waals surface area contributed by atoms with Gasteiger partial charge in [-0.15, -0.1) is 0 Å². The number of rotatable bonds is 3. The molecule has 0 aromatic carbocycles. The fourth-order valence-electron chi connectivity index (χ4n) is 2.28. The molecular formula is C12H21NO3. The zero-order chi connectivity index (χ0) is 11.2. The third-order valence-electron chi connectivity index (χ3n) is 3.32. The second-order valence-corrected chi connectivity index (χ2v) is 4.66. The van der Waals surface area contributed by atoms with E-state index >= 15 is 0 Å². The minimum absolute atomic E-state index is 0.0531. The number of nitrogens with one attached hydrogen (secondary N) is 1. The van der Waals surface area contributed by atoms with Crippen molar-refractivity contribution in [2.45, 2.75) is 38.2 Å². The van der Waals surface area contributed by atoms with Gasteiger partial charge in [-0.05, 0) is 38.6 Å². The molecule has 0 aromatic rings. The molecule has 2 aliphatic heterocycles. The molecule has 1 N–H and O–H groups in total. The second kappa shape index (κ2) is 6.21. The summed E-state index contributed by atoms with van der Waals surface area (Å²) in [6.45, 7) is 3.04. The third-order valence-corrected chi connectivity index (χ3v) is 3.32. The SMILES string of the molecule is O=C(OCC1CCCCO1)C1CCCNC1. The van der Waals surface area contributed by atoms with Crippen LogP contribution in [0.1, 0.15) is 32.1 Å². The van der Waals surface area contributed by atoms with Gasteiger partial charge in [-0.25, -0.2) is 0 Å². The Morgan fingerprint density at radius 1 is 1.31 bits per heavy atom. The summed E-state index contributed by atoms with van der Waals surface area (Å²) in [5.41, 5.74) is 0. The highest BCUT2D eigenvalue weighted by Gasteiger charge is 2.23. The molecular weight excluding hydrogens is 206 g/mol. The van der Waals surface area contributed by atoms with Gasteiger partial charge >= 0.3 is 5.97 Å². The van der Waals surface area contributed by atoms with Crippen LogP contribution >= 0.6 is 0 Å². The maximum atomic E-state index is 11.7. The average molecular weight is 227 g/mol. The molecule has 0 saturated carbocycles. The van der Waals surface area contributed by atoms with Crippen molar-refractivity contribution in [1.29, 1.82) is 0 Å². The lowest BCUT2D eigenvalue weighted by molar-refractivity contribution is -0.154. The highest BCUT2D eigenvalue weighted by Crippen LogP contribution is 2.15. The lowest BCUT2D eigenvalue weighted by atomic mass is 10.00. The van der Waals surface area contributed by atoms with Crippen LogP contribution in [0.15, 0.2) is 0 Å². The monoisotopic (exact) mass is 227 g/mol. The normalized spacial score (nSPS) is 31.0. The van der Waals surface area contributed by atoms with E-state index in [2.05, 4.69) is 5.32 Å². The molecule has 2 heterocycles. The van der Waals surface area contributed by atoms with Crippen molar-refractivity contribution in [2.24, 2.45) is 5.92 Å². The number of piperidine rings is 1. The number of hydrogen-bond acceptors (Lipinski definition) is 4. The number of hydrogen-bond donors (Lipinski definition) is 1. The Morgan fingerprint density at radius 2 is 2.25 bits per heavy atom. The number of carbonyl (C=O) groups excluding carboxylic acids is 1. The zero-order valence-corrected chi connectivity index (χ0v) is 9.74. The number of esters is 1. The van der Waals surface area contributed by atoms with E-state index in [1.54, 1.807) is 0 Å². The van der Waals surface area contributed by atoms with Gasteiger partial charge < -0.3 is 14.8 Å². The van der Waals surface area contributed by atoms with Crippen LogP contribution in [0.3, 0.4) is 0 Å². The summed E-state index contributed by atoms with van der Waals surface area (Å²) >= 11 is 0. The lowest BCUT2D eigenvalue weighted by Crippen LogP contribution is -2.36. The molecule has 4 nitrogen and oxygen atoms in total. The summed E-state index contributed by atoms with van der Waals surface area (Å²) in [7, 11) is 0. The van der Waals surface area contributed by atoms with E-state index in [-0.39, 0.29) is 18.0 Å². The fourth-order valence-corrected chi connectivity index (χ4v) is 2.28. The Labute approximate surface area is 96.7 Å². The Hall–Kier alpha value is -0.610. The molecule has 2 atom stereocenters. The zero-order valence-electron chi connectivity index (χ0n) is 9.74. The molecule has 0 radical (unpaired) electrons. The molecule has 2 aliphatic rings. The van der Waals surface area contributed by atoms with Gasteiger partial charge in [0.25, 0.3) is 0 Å². The maximum absolute atomic E-state index is 11.7. The number of ether oxygens (including phenoxy) is 2. The van der Waals surface area contributed by atoms with Crippen LogP contribution in [0.25, 0.3) is 0 Å². The van der Waals surface area contributed by atoms with Crippen LogP contribution in [-0.4, -0.2) is 38.4 Å². The van der Waals surface area contributed by atoms with Crippen molar-refractivity contribution in [3.63, 3.8) is 0 Å².